The van der Waals surface area contributed by atoms with Crippen LogP contribution in [0.2, 0.25) is 0 Å². The molecule has 0 saturated heterocycles. The minimum absolute atomic E-state index is 0.0401. The third-order valence-corrected chi connectivity index (χ3v) is 4.38. The van der Waals surface area contributed by atoms with Crippen molar-refractivity contribution in [2.45, 2.75) is 0 Å². The Bertz CT molecular complexity index is 897. The molecule has 3 aromatic rings. The Labute approximate surface area is 155 Å². The van der Waals surface area contributed by atoms with Crippen molar-refractivity contribution in [2.24, 2.45) is 0 Å². The van der Waals surface area contributed by atoms with E-state index in [-0.39, 0.29) is 5.78 Å². The van der Waals surface area contributed by atoms with Crippen LogP contribution in [0.15, 0.2) is 83.3 Å². The van der Waals surface area contributed by atoms with Crippen LogP contribution >= 0.6 is 15.9 Å². The molecule has 0 fully saturated rings. The Kier molecular flexibility index (Phi) is 5.46. The summed E-state index contributed by atoms with van der Waals surface area (Å²) in [6.07, 6.45) is 3.35. The molecule has 0 atom stereocenters. The van der Waals surface area contributed by atoms with E-state index in [0.29, 0.717) is 5.56 Å². The number of halogens is 1. The Hall–Kier alpha value is -2.65. The van der Waals surface area contributed by atoms with Gasteiger partial charge in [0.05, 0.1) is 7.11 Å². The van der Waals surface area contributed by atoms with Gasteiger partial charge >= 0.3 is 0 Å². The van der Waals surface area contributed by atoms with Crippen LogP contribution in [-0.2, 0) is 0 Å². The topological polar surface area (TPSA) is 26.3 Å². The molecule has 25 heavy (non-hydrogen) atoms. The summed E-state index contributed by atoms with van der Waals surface area (Å²) in [6, 6.07) is 23.4. The predicted octanol–water partition coefficient (Wildman–Crippen LogP) is 6.02. The minimum atomic E-state index is -0.0401. The molecule has 0 heterocycles. The van der Waals surface area contributed by atoms with Gasteiger partial charge in [-0.05, 0) is 41.5 Å². The molecule has 0 radical (unpaired) electrons. The summed E-state index contributed by atoms with van der Waals surface area (Å²) >= 11 is 3.43. The fourth-order valence-corrected chi connectivity index (χ4v) is 2.93. The van der Waals surface area contributed by atoms with E-state index in [2.05, 4.69) is 28.1 Å². The average Bonchev–Trinajstić information content (AvgIpc) is 2.67. The van der Waals surface area contributed by atoms with E-state index in [1.54, 1.807) is 19.3 Å². The number of carbonyl (C=O) groups is 1. The second-order valence-electron chi connectivity index (χ2n) is 5.53. The number of allylic oxidation sites excluding steroid dienone is 1. The number of methoxy groups -OCH3 is 1. The van der Waals surface area contributed by atoms with Gasteiger partial charge in [0, 0.05) is 15.6 Å². The van der Waals surface area contributed by atoms with Gasteiger partial charge in [-0.15, -0.1) is 0 Å². The SMILES string of the molecule is COc1ccc(Br)cc1/C=C/C(=O)c1ccc(-c2ccccc2)cc1. The maximum Gasteiger partial charge on any atom is 0.185 e. The fraction of sp³-hybridized carbons (Fsp3) is 0.0455. The minimum Gasteiger partial charge on any atom is -0.496 e. The van der Waals surface area contributed by atoms with Gasteiger partial charge in [-0.2, -0.15) is 0 Å². The van der Waals surface area contributed by atoms with Crippen molar-refractivity contribution in [1.82, 2.24) is 0 Å². The molecule has 0 bridgehead atoms. The lowest BCUT2D eigenvalue weighted by Gasteiger charge is -2.05. The molecule has 0 saturated carbocycles. The Morgan fingerprint density at radius 3 is 2.28 bits per heavy atom. The number of carbonyl (C=O) groups excluding carboxylic acids is 1. The van der Waals surface area contributed by atoms with Crippen LogP contribution in [0.5, 0.6) is 5.75 Å². The Balaban J connectivity index is 1.79. The number of hydrogen-bond donors (Lipinski definition) is 0. The van der Waals surface area contributed by atoms with Gasteiger partial charge in [0.25, 0.3) is 0 Å². The lowest BCUT2D eigenvalue weighted by atomic mass is 10.0. The summed E-state index contributed by atoms with van der Waals surface area (Å²) in [7, 11) is 1.62. The predicted molar refractivity (Wildman–Crippen MR) is 106 cm³/mol. The van der Waals surface area contributed by atoms with Crippen molar-refractivity contribution in [3.63, 3.8) is 0 Å². The first-order chi connectivity index (χ1) is 12.2. The average molecular weight is 393 g/mol. The number of benzene rings is 3. The van der Waals surface area contributed by atoms with Crippen LogP contribution in [0, 0.1) is 0 Å². The standard InChI is InChI=1S/C22H17BrO2/c1-25-22-14-12-20(23)15-19(22)11-13-21(24)18-9-7-17(8-10-18)16-5-3-2-4-6-16/h2-15H,1H3/b13-11+. The fourth-order valence-electron chi connectivity index (χ4n) is 2.55. The summed E-state index contributed by atoms with van der Waals surface area (Å²) in [5.41, 5.74) is 3.74. The lowest BCUT2D eigenvalue weighted by Crippen LogP contribution is -1.94. The zero-order chi connectivity index (χ0) is 17.6. The van der Waals surface area contributed by atoms with E-state index in [1.807, 2.05) is 60.7 Å². The molecule has 3 rings (SSSR count). The van der Waals surface area contributed by atoms with Gasteiger partial charge in [0.2, 0.25) is 0 Å². The monoisotopic (exact) mass is 392 g/mol. The van der Waals surface area contributed by atoms with E-state index < -0.39 is 0 Å². The molecule has 0 aliphatic carbocycles. The van der Waals surface area contributed by atoms with Crippen molar-refractivity contribution in [3.8, 4) is 16.9 Å². The third kappa shape index (κ3) is 4.25. The highest BCUT2D eigenvalue weighted by atomic mass is 79.9. The molecule has 3 heteroatoms. The number of hydrogen-bond acceptors (Lipinski definition) is 2. The van der Waals surface area contributed by atoms with Crippen molar-refractivity contribution in [2.75, 3.05) is 7.11 Å². The second kappa shape index (κ2) is 7.95. The highest BCUT2D eigenvalue weighted by Gasteiger charge is 2.05. The summed E-state index contributed by atoms with van der Waals surface area (Å²) < 4.78 is 6.26. The molecule has 124 valence electrons. The molecule has 0 aromatic heterocycles. The first kappa shape index (κ1) is 17.2. The quantitative estimate of drug-likeness (QED) is 0.391. The van der Waals surface area contributed by atoms with E-state index in [9.17, 15) is 4.79 Å². The Morgan fingerprint density at radius 1 is 0.920 bits per heavy atom. The lowest BCUT2D eigenvalue weighted by molar-refractivity contribution is 0.104. The molecule has 3 aromatic carbocycles. The number of ketones is 1. The third-order valence-electron chi connectivity index (χ3n) is 3.88. The highest BCUT2D eigenvalue weighted by molar-refractivity contribution is 9.10. The zero-order valence-corrected chi connectivity index (χ0v) is 15.4. The summed E-state index contributed by atoms with van der Waals surface area (Å²) in [4.78, 5) is 12.4. The number of ether oxygens (including phenoxy) is 1. The van der Waals surface area contributed by atoms with Gasteiger partial charge in [0.1, 0.15) is 5.75 Å². The van der Waals surface area contributed by atoms with Crippen LogP contribution < -0.4 is 4.74 Å². The van der Waals surface area contributed by atoms with E-state index in [1.165, 1.54) is 0 Å². The first-order valence-electron chi connectivity index (χ1n) is 7.89. The van der Waals surface area contributed by atoms with Crippen LogP contribution in [-0.4, -0.2) is 12.9 Å². The molecule has 0 amide bonds. The van der Waals surface area contributed by atoms with E-state index >= 15 is 0 Å². The van der Waals surface area contributed by atoms with E-state index in [0.717, 1.165) is 26.9 Å². The smallest absolute Gasteiger partial charge is 0.185 e. The van der Waals surface area contributed by atoms with Gasteiger partial charge in [-0.25, -0.2) is 0 Å². The molecular weight excluding hydrogens is 376 g/mol. The van der Waals surface area contributed by atoms with Crippen molar-refractivity contribution >= 4 is 27.8 Å². The second-order valence-corrected chi connectivity index (χ2v) is 6.44. The van der Waals surface area contributed by atoms with Crippen molar-refractivity contribution < 1.29 is 9.53 Å². The van der Waals surface area contributed by atoms with E-state index in [4.69, 9.17) is 4.74 Å². The van der Waals surface area contributed by atoms with Gasteiger partial charge in [-0.3, -0.25) is 4.79 Å². The molecule has 0 spiro atoms. The molecule has 0 aliphatic heterocycles. The van der Waals surface area contributed by atoms with Gasteiger partial charge in [-0.1, -0.05) is 70.5 Å². The number of rotatable bonds is 5. The molecular formula is C22H17BrO2. The summed E-state index contributed by atoms with van der Waals surface area (Å²) in [5.74, 6) is 0.688. The maximum atomic E-state index is 12.4. The maximum absolute atomic E-state index is 12.4. The van der Waals surface area contributed by atoms with Crippen LogP contribution in [0.1, 0.15) is 15.9 Å². The van der Waals surface area contributed by atoms with Crippen LogP contribution in [0.3, 0.4) is 0 Å². The van der Waals surface area contributed by atoms with Gasteiger partial charge < -0.3 is 4.74 Å². The summed E-state index contributed by atoms with van der Waals surface area (Å²) in [5, 5.41) is 0. The largest absolute Gasteiger partial charge is 0.496 e. The first-order valence-corrected chi connectivity index (χ1v) is 8.68. The summed E-state index contributed by atoms with van der Waals surface area (Å²) in [6.45, 7) is 0. The van der Waals surface area contributed by atoms with Gasteiger partial charge in [0.15, 0.2) is 5.78 Å². The molecule has 2 nitrogen and oxygen atoms in total. The Morgan fingerprint density at radius 2 is 1.60 bits per heavy atom. The van der Waals surface area contributed by atoms with Crippen molar-refractivity contribution in [3.05, 3.63) is 94.5 Å². The van der Waals surface area contributed by atoms with Crippen LogP contribution in [0.4, 0.5) is 0 Å². The molecule has 0 N–H and O–H groups in total. The van der Waals surface area contributed by atoms with Crippen molar-refractivity contribution in [1.29, 1.82) is 0 Å². The van der Waals surface area contributed by atoms with Crippen LogP contribution in [0.25, 0.3) is 17.2 Å². The molecule has 0 aliphatic rings. The molecule has 0 unspecified atom stereocenters. The highest BCUT2D eigenvalue weighted by Crippen LogP contribution is 2.24. The normalized spacial score (nSPS) is 10.8. The zero-order valence-electron chi connectivity index (χ0n) is 13.8.